The number of benzene rings is 1. The van der Waals surface area contributed by atoms with Gasteiger partial charge in [0.1, 0.15) is 42.0 Å². The maximum absolute atomic E-state index is 12.9. The molecule has 1 saturated heterocycles. The maximum Gasteiger partial charge on any atom is 0.340 e. The molecule has 6 N–H and O–H groups in total. The van der Waals surface area contributed by atoms with Crippen molar-refractivity contribution in [1.82, 2.24) is 0 Å². The number of carbonyl (C=O) groups excluding carboxylic acids is 2. The lowest BCUT2D eigenvalue weighted by molar-refractivity contribution is -0.346. The summed E-state index contributed by atoms with van der Waals surface area (Å²) < 4.78 is 21.8. The summed E-state index contributed by atoms with van der Waals surface area (Å²) in [5.74, 6) is -3.07. The average molecular weight is 510 g/mol. The van der Waals surface area contributed by atoms with E-state index in [-0.39, 0.29) is 24.4 Å². The second kappa shape index (κ2) is 10.4. The number of phenols is 1. The van der Waals surface area contributed by atoms with Gasteiger partial charge in [-0.2, -0.15) is 0 Å². The molecule has 2 heterocycles. The van der Waals surface area contributed by atoms with Crippen LogP contribution in [-0.4, -0.2) is 98.2 Å². The Labute approximate surface area is 206 Å². The number of esters is 1. The predicted molar refractivity (Wildman–Crippen MR) is 118 cm³/mol. The molecule has 2 fully saturated rings. The van der Waals surface area contributed by atoms with Crippen LogP contribution in [0.2, 0.25) is 0 Å². The molecule has 1 aromatic carbocycles. The van der Waals surface area contributed by atoms with E-state index in [0.29, 0.717) is 6.42 Å². The summed E-state index contributed by atoms with van der Waals surface area (Å²) in [7, 11) is 0. The molecule has 0 radical (unpaired) electrons. The number of ketones is 1. The van der Waals surface area contributed by atoms with Crippen LogP contribution in [0.4, 0.5) is 0 Å². The SMILES string of the molecule is C[C@H]1CC(=O)[C@]2(O)C(C(=O)OCCc3ccc(O)cc3)=CO[C@@H](O[C@@H]3O[C@H](CO)[C@@H](O)[C@H](O)[C@H]3O)[C@H]12. The summed E-state index contributed by atoms with van der Waals surface area (Å²) in [6.07, 6.45) is -8.05. The summed E-state index contributed by atoms with van der Waals surface area (Å²) in [6, 6.07) is 6.32. The molecule has 1 aliphatic carbocycles. The lowest BCUT2D eigenvalue weighted by Gasteiger charge is -2.44. The van der Waals surface area contributed by atoms with Crippen molar-refractivity contribution in [2.45, 2.75) is 62.4 Å². The minimum Gasteiger partial charge on any atom is -0.508 e. The third-order valence-electron chi connectivity index (χ3n) is 6.95. The summed E-state index contributed by atoms with van der Waals surface area (Å²) >= 11 is 0. The molecule has 1 saturated carbocycles. The minimum absolute atomic E-state index is 0.0593. The third kappa shape index (κ3) is 4.73. The van der Waals surface area contributed by atoms with Gasteiger partial charge in [0.05, 0.1) is 19.1 Å². The van der Waals surface area contributed by atoms with Crippen LogP contribution in [0.3, 0.4) is 0 Å². The molecule has 198 valence electrons. The van der Waals surface area contributed by atoms with E-state index in [2.05, 4.69) is 0 Å². The number of Topliss-reactive ketones (excluding diaryl/α,β-unsaturated/α-hetero) is 1. The molecular formula is C24H30O12. The van der Waals surface area contributed by atoms with Gasteiger partial charge in [0.25, 0.3) is 0 Å². The van der Waals surface area contributed by atoms with Gasteiger partial charge in [0, 0.05) is 12.8 Å². The first-order valence-corrected chi connectivity index (χ1v) is 11.6. The van der Waals surface area contributed by atoms with Crippen molar-refractivity contribution in [2.75, 3.05) is 13.2 Å². The number of phenolic OH excluding ortho intramolecular Hbond substituents is 1. The number of hydrogen-bond acceptors (Lipinski definition) is 12. The van der Waals surface area contributed by atoms with Gasteiger partial charge in [0.15, 0.2) is 17.7 Å². The van der Waals surface area contributed by atoms with Crippen molar-refractivity contribution in [1.29, 1.82) is 0 Å². The van der Waals surface area contributed by atoms with E-state index in [0.717, 1.165) is 11.8 Å². The zero-order chi connectivity index (χ0) is 26.2. The van der Waals surface area contributed by atoms with Crippen molar-refractivity contribution in [2.24, 2.45) is 11.8 Å². The van der Waals surface area contributed by atoms with E-state index < -0.39 is 72.8 Å². The number of fused-ring (bicyclic) bond motifs is 1. The first-order valence-electron chi connectivity index (χ1n) is 11.6. The zero-order valence-corrected chi connectivity index (χ0v) is 19.5. The average Bonchev–Trinajstić information content (AvgIpc) is 3.09. The van der Waals surface area contributed by atoms with Gasteiger partial charge in [-0.25, -0.2) is 4.79 Å². The lowest BCUT2D eigenvalue weighted by atomic mass is 9.78. The topological polar surface area (TPSA) is 192 Å². The summed E-state index contributed by atoms with van der Waals surface area (Å²) in [6.45, 7) is 0.932. The van der Waals surface area contributed by atoms with Gasteiger partial charge >= 0.3 is 5.97 Å². The number of aromatic hydroxyl groups is 1. The molecule has 3 aliphatic rings. The van der Waals surface area contributed by atoms with Crippen molar-refractivity contribution >= 4 is 11.8 Å². The first-order chi connectivity index (χ1) is 17.1. The highest BCUT2D eigenvalue weighted by Gasteiger charge is 2.63. The van der Waals surface area contributed by atoms with Crippen LogP contribution in [0.1, 0.15) is 18.9 Å². The molecule has 2 aliphatic heterocycles. The third-order valence-corrected chi connectivity index (χ3v) is 6.95. The van der Waals surface area contributed by atoms with E-state index in [1.54, 1.807) is 19.1 Å². The Morgan fingerprint density at radius 2 is 1.81 bits per heavy atom. The van der Waals surface area contributed by atoms with Crippen LogP contribution < -0.4 is 0 Å². The van der Waals surface area contributed by atoms with Crippen LogP contribution in [-0.2, 0) is 35.0 Å². The molecule has 12 heteroatoms. The summed E-state index contributed by atoms with van der Waals surface area (Å²) in [5, 5.41) is 60.5. The normalized spacial score (nSPS) is 38.2. The number of carbonyl (C=O) groups is 2. The Hall–Kier alpha value is -2.58. The molecular weight excluding hydrogens is 480 g/mol. The Morgan fingerprint density at radius 3 is 2.47 bits per heavy atom. The molecule has 12 nitrogen and oxygen atoms in total. The number of ether oxygens (including phenoxy) is 4. The number of hydrogen-bond donors (Lipinski definition) is 6. The lowest BCUT2D eigenvalue weighted by Crippen LogP contribution is -2.61. The monoisotopic (exact) mass is 510 g/mol. The highest BCUT2D eigenvalue weighted by atomic mass is 16.8. The fourth-order valence-corrected chi connectivity index (χ4v) is 4.91. The number of rotatable bonds is 7. The Balaban J connectivity index is 1.49. The van der Waals surface area contributed by atoms with Crippen LogP contribution in [0.25, 0.3) is 0 Å². The van der Waals surface area contributed by atoms with E-state index in [4.69, 9.17) is 18.9 Å². The fraction of sp³-hybridized carbons (Fsp3) is 0.583. The molecule has 0 spiro atoms. The molecule has 0 amide bonds. The number of aliphatic hydroxyl groups is 5. The van der Waals surface area contributed by atoms with E-state index in [9.17, 15) is 40.2 Å². The van der Waals surface area contributed by atoms with Gasteiger partial charge in [0.2, 0.25) is 6.29 Å². The highest BCUT2D eigenvalue weighted by molar-refractivity contribution is 6.04. The predicted octanol–water partition coefficient (Wildman–Crippen LogP) is -1.51. The van der Waals surface area contributed by atoms with E-state index >= 15 is 0 Å². The van der Waals surface area contributed by atoms with Crippen molar-refractivity contribution < 1.29 is 59.2 Å². The quantitative estimate of drug-likeness (QED) is 0.233. The molecule has 9 atom stereocenters. The van der Waals surface area contributed by atoms with Crippen LogP contribution in [0.15, 0.2) is 36.1 Å². The maximum atomic E-state index is 12.9. The number of aliphatic hydroxyl groups excluding tert-OH is 4. The van der Waals surface area contributed by atoms with E-state index in [1.165, 1.54) is 12.1 Å². The second-order valence-electron chi connectivity index (χ2n) is 9.32. The van der Waals surface area contributed by atoms with E-state index in [1.807, 2.05) is 0 Å². The zero-order valence-electron chi connectivity index (χ0n) is 19.5. The van der Waals surface area contributed by atoms with Crippen molar-refractivity contribution in [3.05, 3.63) is 41.7 Å². The Bertz CT molecular complexity index is 991. The second-order valence-corrected chi connectivity index (χ2v) is 9.32. The van der Waals surface area contributed by atoms with Gasteiger partial charge in [-0.05, 0) is 23.6 Å². The van der Waals surface area contributed by atoms with Gasteiger partial charge in [-0.1, -0.05) is 19.1 Å². The van der Waals surface area contributed by atoms with Crippen molar-refractivity contribution in [3.8, 4) is 5.75 Å². The molecule has 36 heavy (non-hydrogen) atoms. The van der Waals surface area contributed by atoms with Crippen LogP contribution in [0.5, 0.6) is 5.75 Å². The molecule has 0 aromatic heterocycles. The molecule has 1 aromatic rings. The van der Waals surface area contributed by atoms with Gasteiger partial charge < -0.3 is 49.6 Å². The smallest absolute Gasteiger partial charge is 0.340 e. The largest absolute Gasteiger partial charge is 0.508 e. The molecule has 4 rings (SSSR count). The molecule has 0 bridgehead atoms. The van der Waals surface area contributed by atoms with Crippen LogP contribution in [0, 0.1) is 11.8 Å². The minimum atomic E-state index is -2.29. The van der Waals surface area contributed by atoms with Crippen LogP contribution >= 0.6 is 0 Å². The Morgan fingerprint density at radius 1 is 1.11 bits per heavy atom. The van der Waals surface area contributed by atoms with Gasteiger partial charge in [-0.15, -0.1) is 0 Å². The van der Waals surface area contributed by atoms with Crippen molar-refractivity contribution in [3.63, 3.8) is 0 Å². The highest BCUT2D eigenvalue weighted by Crippen LogP contribution is 2.48. The Kier molecular flexibility index (Phi) is 7.67. The summed E-state index contributed by atoms with van der Waals surface area (Å²) in [4.78, 5) is 25.7. The fourth-order valence-electron chi connectivity index (χ4n) is 4.91. The standard InChI is InChI=1S/C24H30O12/c1-11-8-16(27)24(32)14(21(31)33-7-6-12-2-4-13(26)5-3-12)10-34-22(17(11)24)36-23-20(30)19(29)18(28)15(9-25)35-23/h2-5,10-11,15,17-20,22-23,25-26,28-30,32H,6-9H2,1H3/t11-,15+,17-,18+,19-,20+,22-,23-,24+/m0/s1. The first kappa shape index (κ1) is 26.5. The summed E-state index contributed by atoms with van der Waals surface area (Å²) in [5.41, 5.74) is -1.88. The van der Waals surface area contributed by atoms with Gasteiger partial charge in [-0.3, -0.25) is 4.79 Å². The molecule has 0 unspecified atom stereocenters.